The summed E-state index contributed by atoms with van der Waals surface area (Å²) in [5.74, 6) is -0.113. The first kappa shape index (κ1) is 15.4. The Bertz CT molecular complexity index is 417. The maximum atomic E-state index is 13.5. The zero-order chi connectivity index (χ0) is 14.4. The van der Waals surface area contributed by atoms with E-state index in [4.69, 9.17) is 4.74 Å². The van der Waals surface area contributed by atoms with Crippen molar-refractivity contribution < 1.29 is 9.13 Å². The quantitative estimate of drug-likeness (QED) is 0.794. The van der Waals surface area contributed by atoms with E-state index in [9.17, 15) is 4.39 Å². The van der Waals surface area contributed by atoms with Gasteiger partial charge in [-0.15, -0.1) is 0 Å². The predicted molar refractivity (Wildman–Crippen MR) is 79.4 cm³/mol. The first-order valence-corrected chi connectivity index (χ1v) is 7.43. The number of ether oxygens (including phenoxy) is 1. The van der Waals surface area contributed by atoms with Crippen molar-refractivity contribution in [2.75, 3.05) is 46.4 Å². The van der Waals surface area contributed by atoms with Crippen LogP contribution in [0.2, 0.25) is 0 Å². The lowest BCUT2D eigenvalue weighted by molar-refractivity contribution is 0.0937. The van der Waals surface area contributed by atoms with Crippen LogP contribution in [0.4, 0.5) is 4.39 Å². The molecule has 4 heteroatoms. The number of benzene rings is 1. The second-order valence-electron chi connectivity index (χ2n) is 5.43. The Labute approximate surface area is 121 Å². The van der Waals surface area contributed by atoms with Crippen LogP contribution in [-0.2, 0) is 17.7 Å². The molecule has 1 aliphatic rings. The van der Waals surface area contributed by atoms with E-state index in [1.54, 1.807) is 19.2 Å². The van der Waals surface area contributed by atoms with E-state index >= 15 is 0 Å². The van der Waals surface area contributed by atoms with Crippen LogP contribution >= 0.6 is 0 Å². The number of rotatable bonds is 6. The van der Waals surface area contributed by atoms with Crippen LogP contribution in [0.1, 0.15) is 18.1 Å². The molecule has 0 amide bonds. The van der Waals surface area contributed by atoms with Crippen LogP contribution in [-0.4, -0.2) is 56.2 Å². The van der Waals surface area contributed by atoms with Gasteiger partial charge in [-0.2, -0.15) is 0 Å². The molecule has 1 fully saturated rings. The molecule has 0 unspecified atom stereocenters. The van der Waals surface area contributed by atoms with Gasteiger partial charge in [0.05, 0.1) is 6.61 Å². The molecule has 112 valence electrons. The molecule has 0 spiro atoms. The lowest BCUT2D eigenvalue weighted by atomic mass is 10.1. The lowest BCUT2D eigenvalue weighted by Crippen LogP contribution is -2.46. The lowest BCUT2D eigenvalue weighted by Gasteiger charge is -2.34. The summed E-state index contributed by atoms with van der Waals surface area (Å²) in [5.41, 5.74) is 2.17. The van der Waals surface area contributed by atoms with Crippen molar-refractivity contribution >= 4 is 0 Å². The maximum Gasteiger partial charge on any atom is 0.123 e. The Balaban J connectivity index is 1.84. The summed E-state index contributed by atoms with van der Waals surface area (Å²) in [7, 11) is 1.74. The molecule has 20 heavy (non-hydrogen) atoms. The van der Waals surface area contributed by atoms with E-state index in [0.29, 0.717) is 0 Å². The highest BCUT2D eigenvalue weighted by Crippen LogP contribution is 2.13. The number of hydrogen-bond donors (Lipinski definition) is 0. The van der Waals surface area contributed by atoms with Crippen LogP contribution < -0.4 is 0 Å². The molecular weight excluding hydrogens is 255 g/mol. The van der Waals surface area contributed by atoms with Crippen LogP contribution in [0.5, 0.6) is 0 Å². The standard InChI is InChI=1S/C16H25FN2O/c1-3-14-10-15(12-16(17)11-14)13-19-6-4-18(5-7-19)8-9-20-2/h10-12H,3-9,13H2,1-2H3. The third-order valence-electron chi connectivity index (χ3n) is 3.91. The van der Waals surface area contributed by atoms with Crippen LogP contribution in [0, 0.1) is 5.82 Å². The average Bonchev–Trinajstić information content (AvgIpc) is 2.46. The van der Waals surface area contributed by atoms with Crippen molar-refractivity contribution in [3.8, 4) is 0 Å². The SMILES string of the molecule is CCc1cc(F)cc(CN2CCN(CCOC)CC2)c1. The fourth-order valence-corrected chi connectivity index (χ4v) is 2.66. The topological polar surface area (TPSA) is 15.7 Å². The Morgan fingerprint density at radius 3 is 2.35 bits per heavy atom. The van der Waals surface area contributed by atoms with Gasteiger partial charge in [0.1, 0.15) is 5.82 Å². The minimum Gasteiger partial charge on any atom is -0.383 e. The molecule has 1 saturated heterocycles. The van der Waals surface area contributed by atoms with Gasteiger partial charge in [0.15, 0.2) is 0 Å². The molecular formula is C16H25FN2O. The van der Waals surface area contributed by atoms with Crippen molar-refractivity contribution in [2.24, 2.45) is 0 Å². The smallest absolute Gasteiger partial charge is 0.123 e. The number of halogens is 1. The largest absolute Gasteiger partial charge is 0.383 e. The zero-order valence-corrected chi connectivity index (χ0v) is 12.6. The summed E-state index contributed by atoms with van der Waals surface area (Å²) < 4.78 is 18.6. The molecule has 0 saturated carbocycles. The summed E-state index contributed by atoms with van der Waals surface area (Å²) in [6.07, 6.45) is 0.884. The normalized spacial score (nSPS) is 17.6. The number of nitrogens with zero attached hydrogens (tertiary/aromatic N) is 2. The average molecular weight is 280 g/mol. The highest BCUT2D eigenvalue weighted by atomic mass is 19.1. The van der Waals surface area contributed by atoms with Gasteiger partial charge in [0, 0.05) is 46.4 Å². The number of hydrogen-bond acceptors (Lipinski definition) is 3. The Morgan fingerprint density at radius 1 is 1.05 bits per heavy atom. The first-order chi connectivity index (χ1) is 9.71. The van der Waals surface area contributed by atoms with E-state index in [1.165, 1.54) is 0 Å². The highest BCUT2D eigenvalue weighted by molar-refractivity contribution is 5.24. The fourth-order valence-electron chi connectivity index (χ4n) is 2.66. The van der Waals surface area contributed by atoms with Crippen molar-refractivity contribution in [3.05, 3.63) is 35.1 Å². The van der Waals surface area contributed by atoms with E-state index in [0.717, 1.165) is 63.4 Å². The minimum atomic E-state index is -0.113. The van der Waals surface area contributed by atoms with Gasteiger partial charge in [0.2, 0.25) is 0 Å². The fraction of sp³-hybridized carbons (Fsp3) is 0.625. The Morgan fingerprint density at radius 2 is 1.70 bits per heavy atom. The molecule has 1 aromatic carbocycles. The highest BCUT2D eigenvalue weighted by Gasteiger charge is 2.16. The molecule has 2 rings (SSSR count). The van der Waals surface area contributed by atoms with E-state index in [-0.39, 0.29) is 5.82 Å². The van der Waals surface area contributed by atoms with Crippen LogP contribution in [0.3, 0.4) is 0 Å². The first-order valence-electron chi connectivity index (χ1n) is 7.43. The second kappa shape index (κ2) is 7.72. The summed E-state index contributed by atoms with van der Waals surface area (Å²) in [6, 6.07) is 5.42. The molecule has 0 N–H and O–H groups in total. The summed E-state index contributed by atoms with van der Waals surface area (Å²) >= 11 is 0. The molecule has 3 nitrogen and oxygen atoms in total. The van der Waals surface area contributed by atoms with Crippen molar-refractivity contribution in [1.82, 2.24) is 9.80 Å². The Hall–Kier alpha value is -0.970. The molecule has 0 atom stereocenters. The minimum absolute atomic E-state index is 0.113. The number of piperazine rings is 1. The molecule has 0 aliphatic carbocycles. The molecule has 0 radical (unpaired) electrons. The molecule has 1 aliphatic heterocycles. The van der Waals surface area contributed by atoms with Gasteiger partial charge < -0.3 is 4.74 Å². The summed E-state index contributed by atoms with van der Waals surface area (Å²) in [6.45, 7) is 8.94. The second-order valence-corrected chi connectivity index (χ2v) is 5.43. The van der Waals surface area contributed by atoms with Crippen molar-refractivity contribution in [2.45, 2.75) is 19.9 Å². The van der Waals surface area contributed by atoms with E-state index < -0.39 is 0 Å². The zero-order valence-electron chi connectivity index (χ0n) is 12.6. The molecule has 1 aromatic rings. The van der Waals surface area contributed by atoms with Gasteiger partial charge in [-0.05, 0) is 29.7 Å². The van der Waals surface area contributed by atoms with Crippen molar-refractivity contribution in [3.63, 3.8) is 0 Å². The predicted octanol–water partition coefficient (Wildman–Crippen LogP) is 2.15. The van der Waals surface area contributed by atoms with E-state index in [1.807, 2.05) is 0 Å². The van der Waals surface area contributed by atoms with Gasteiger partial charge in [-0.25, -0.2) is 4.39 Å². The number of aryl methyl sites for hydroxylation is 1. The van der Waals surface area contributed by atoms with Crippen LogP contribution in [0.15, 0.2) is 18.2 Å². The van der Waals surface area contributed by atoms with E-state index in [2.05, 4.69) is 22.8 Å². The Kier molecular flexibility index (Phi) is 5.95. The molecule has 0 bridgehead atoms. The van der Waals surface area contributed by atoms with Gasteiger partial charge in [-0.3, -0.25) is 9.80 Å². The van der Waals surface area contributed by atoms with Crippen LogP contribution in [0.25, 0.3) is 0 Å². The van der Waals surface area contributed by atoms with Gasteiger partial charge in [0.25, 0.3) is 0 Å². The molecule has 0 aromatic heterocycles. The monoisotopic (exact) mass is 280 g/mol. The third kappa shape index (κ3) is 4.54. The third-order valence-corrected chi connectivity index (χ3v) is 3.91. The summed E-state index contributed by atoms with van der Waals surface area (Å²) in [4.78, 5) is 4.82. The maximum absolute atomic E-state index is 13.5. The van der Waals surface area contributed by atoms with Gasteiger partial charge >= 0.3 is 0 Å². The molecule has 1 heterocycles. The number of methoxy groups -OCH3 is 1. The van der Waals surface area contributed by atoms with Gasteiger partial charge in [-0.1, -0.05) is 13.0 Å². The van der Waals surface area contributed by atoms with Crippen molar-refractivity contribution in [1.29, 1.82) is 0 Å². The summed E-state index contributed by atoms with van der Waals surface area (Å²) in [5, 5.41) is 0.